The molecule has 0 atom stereocenters. The van der Waals surface area contributed by atoms with Crippen LogP contribution in [-0.2, 0) is 0 Å². The number of likely N-dealkylation sites (tertiary alicyclic amines) is 1. The molecule has 1 fully saturated rings. The van der Waals surface area contributed by atoms with Gasteiger partial charge in [0, 0.05) is 28.4 Å². The number of H-pyrrole nitrogens is 1. The minimum absolute atomic E-state index is 0.471. The lowest BCUT2D eigenvalue weighted by molar-refractivity contribution is 0.213. The predicted molar refractivity (Wildman–Crippen MR) is 119 cm³/mol. The van der Waals surface area contributed by atoms with Gasteiger partial charge in [0.25, 0.3) is 0 Å². The van der Waals surface area contributed by atoms with Gasteiger partial charge in [0.05, 0.1) is 5.69 Å². The van der Waals surface area contributed by atoms with Crippen molar-refractivity contribution in [2.45, 2.75) is 58.8 Å². The predicted octanol–water partition coefficient (Wildman–Crippen LogP) is 6.25. The van der Waals surface area contributed by atoms with Crippen molar-refractivity contribution < 1.29 is 0 Å². The van der Waals surface area contributed by atoms with E-state index in [2.05, 4.69) is 72.9 Å². The summed E-state index contributed by atoms with van der Waals surface area (Å²) in [4.78, 5) is 10.7. The van der Waals surface area contributed by atoms with Crippen molar-refractivity contribution in [2.24, 2.45) is 0 Å². The van der Waals surface area contributed by atoms with Crippen LogP contribution in [0.4, 0.5) is 0 Å². The van der Waals surface area contributed by atoms with E-state index in [1.807, 2.05) is 6.20 Å². The van der Waals surface area contributed by atoms with Gasteiger partial charge in [-0.2, -0.15) is 0 Å². The molecule has 1 aliphatic heterocycles. The van der Waals surface area contributed by atoms with Crippen LogP contribution in [0.3, 0.4) is 0 Å². The molecular formula is C25H33N3. The first-order chi connectivity index (χ1) is 13.6. The van der Waals surface area contributed by atoms with Crippen molar-refractivity contribution in [1.29, 1.82) is 0 Å². The van der Waals surface area contributed by atoms with E-state index in [1.54, 1.807) is 0 Å². The van der Waals surface area contributed by atoms with E-state index in [9.17, 15) is 0 Å². The minimum Gasteiger partial charge on any atom is -0.354 e. The van der Waals surface area contributed by atoms with Crippen molar-refractivity contribution in [3.8, 4) is 11.3 Å². The lowest BCUT2D eigenvalue weighted by Crippen LogP contribution is -2.33. The summed E-state index contributed by atoms with van der Waals surface area (Å²) in [6.45, 7) is 12.7. The van der Waals surface area contributed by atoms with E-state index >= 15 is 0 Å². The average molecular weight is 376 g/mol. The van der Waals surface area contributed by atoms with Gasteiger partial charge >= 0.3 is 0 Å². The van der Waals surface area contributed by atoms with Gasteiger partial charge in [0.1, 0.15) is 0 Å². The zero-order chi connectivity index (χ0) is 19.7. The lowest BCUT2D eigenvalue weighted by Gasteiger charge is -2.32. The van der Waals surface area contributed by atoms with Crippen LogP contribution in [0, 0.1) is 6.92 Å². The molecule has 1 aromatic carbocycles. The van der Waals surface area contributed by atoms with Crippen LogP contribution < -0.4 is 0 Å². The molecule has 0 saturated carbocycles. The highest BCUT2D eigenvalue weighted by Crippen LogP contribution is 2.38. The third-order valence-corrected chi connectivity index (χ3v) is 6.22. The van der Waals surface area contributed by atoms with Gasteiger partial charge in [0.15, 0.2) is 0 Å². The number of aryl methyl sites for hydroxylation is 1. The maximum absolute atomic E-state index is 4.37. The van der Waals surface area contributed by atoms with Crippen LogP contribution in [-0.4, -0.2) is 34.5 Å². The molecule has 3 aromatic rings. The fraction of sp³-hybridized carbons (Fsp3) is 0.480. The van der Waals surface area contributed by atoms with Gasteiger partial charge in [0.2, 0.25) is 0 Å². The summed E-state index contributed by atoms with van der Waals surface area (Å²) >= 11 is 0. The summed E-state index contributed by atoms with van der Waals surface area (Å²) in [5.41, 5.74) is 7.76. The number of aromatic nitrogens is 2. The van der Waals surface area contributed by atoms with Crippen LogP contribution >= 0.6 is 0 Å². The van der Waals surface area contributed by atoms with Crippen molar-refractivity contribution >= 4 is 10.9 Å². The molecule has 1 saturated heterocycles. The highest BCUT2D eigenvalue weighted by molar-refractivity contribution is 5.92. The fourth-order valence-electron chi connectivity index (χ4n) is 4.82. The summed E-state index contributed by atoms with van der Waals surface area (Å²) in [6.07, 6.45) is 5.73. The molecule has 4 rings (SSSR count). The van der Waals surface area contributed by atoms with Gasteiger partial charge < -0.3 is 9.88 Å². The lowest BCUT2D eigenvalue weighted by atomic mass is 9.87. The second-order valence-corrected chi connectivity index (χ2v) is 8.68. The van der Waals surface area contributed by atoms with E-state index in [0.29, 0.717) is 11.8 Å². The Kier molecular flexibility index (Phi) is 5.54. The van der Waals surface area contributed by atoms with Crippen molar-refractivity contribution in [3.63, 3.8) is 0 Å². The molecule has 0 spiro atoms. The summed E-state index contributed by atoms with van der Waals surface area (Å²) in [7, 11) is 0. The zero-order valence-electron chi connectivity index (χ0n) is 17.8. The average Bonchev–Trinajstić information content (AvgIpc) is 3.08. The van der Waals surface area contributed by atoms with Gasteiger partial charge in [-0.05, 0) is 93.0 Å². The van der Waals surface area contributed by atoms with Crippen molar-refractivity contribution in [3.05, 3.63) is 53.3 Å². The molecule has 3 heteroatoms. The smallest absolute Gasteiger partial charge is 0.0501 e. The second-order valence-electron chi connectivity index (χ2n) is 8.68. The molecular weight excluding hydrogens is 342 g/mol. The van der Waals surface area contributed by atoms with E-state index < -0.39 is 0 Å². The number of fused-ring (bicyclic) bond motifs is 1. The maximum atomic E-state index is 4.37. The number of piperidine rings is 1. The third kappa shape index (κ3) is 3.73. The standard InChI is InChI=1S/C25H33N3/c1-5-12-28-13-9-19(10-14-28)20-6-7-23-22(16-20)24(17(2)3)25(27-23)21-8-11-26-18(4)15-21/h6-8,11,15-17,19,27H,5,9-10,12-14H2,1-4H3. The summed E-state index contributed by atoms with van der Waals surface area (Å²) in [5, 5.41) is 1.40. The third-order valence-electron chi connectivity index (χ3n) is 6.22. The monoisotopic (exact) mass is 375 g/mol. The molecule has 28 heavy (non-hydrogen) atoms. The topological polar surface area (TPSA) is 31.9 Å². The Morgan fingerprint density at radius 3 is 2.61 bits per heavy atom. The van der Waals surface area contributed by atoms with Crippen LogP contribution in [0.15, 0.2) is 36.5 Å². The Bertz CT molecular complexity index is 946. The van der Waals surface area contributed by atoms with Gasteiger partial charge in [-0.25, -0.2) is 0 Å². The Hall–Kier alpha value is -2.13. The highest BCUT2D eigenvalue weighted by atomic mass is 15.1. The summed E-state index contributed by atoms with van der Waals surface area (Å²) in [6, 6.07) is 11.4. The largest absolute Gasteiger partial charge is 0.354 e. The second kappa shape index (κ2) is 8.08. The summed E-state index contributed by atoms with van der Waals surface area (Å²) < 4.78 is 0. The van der Waals surface area contributed by atoms with E-state index in [4.69, 9.17) is 0 Å². The van der Waals surface area contributed by atoms with Crippen molar-refractivity contribution in [2.75, 3.05) is 19.6 Å². The first-order valence-corrected chi connectivity index (χ1v) is 10.9. The molecule has 0 aliphatic carbocycles. The quantitative estimate of drug-likeness (QED) is 0.571. The van der Waals surface area contributed by atoms with Crippen molar-refractivity contribution in [1.82, 2.24) is 14.9 Å². The Balaban J connectivity index is 1.70. The Morgan fingerprint density at radius 1 is 1.14 bits per heavy atom. The highest BCUT2D eigenvalue weighted by Gasteiger charge is 2.22. The maximum Gasteiger partial charge on any atom is 0.0501 e. The number of aromatic amines is 1. The zero-order valence-corrected chi connectivity index (χ0v) is 17.8. The molecule has 1 aliphatic rings. The molecule has 0 amide bonds. The Labute approximate surface area is 169 Å². The first kappa shape index (κ1) is 19.2. The molecule has 0 radical (unpaired) electrons. The molecule has 3 heterocycles. The molecule has 1 N–H and O–H groups in total. The molecule has 2 aromatic heterocycles. The number of hydrogen-bond donors (Lipinski definition) is 1. The summed E-state index contributed by atoms with van der Waals surface area (Å²) in [5.74, 6) is 1.16. The van der Waals surface area contributed by atoms with Gasteiger partial charge in [-0.15, -0.1) is 0 Å². The Morgan fingerprint density at radius 2 is 1.93 bits per heavy atom. The normalized spacial score (nSPS) is 16.3. The molecule has 0 unspecified atom stereocenters. The van der Waals surface area contributed by atoms with Gasteiger partial charge in [-0.3, -0.25) is 4.98 Å². The van der Waals surface area contributed by atoms with E-state index in [0.717, 1.165) is 5.69 Å². The number of benzene rings is 1. The molecule has 0 bridgehead atoms. The van der Waals surface area contributed by atoms with Crippen LogP contribution in [0.25, 0.3) is 22.2 Å². The number of nitrogens with zero attached hydrogens (tertiary/aromatic N) is 2. The van der Waals surface area contributed by atoms with Gasteiger partial charge in [-0.1, -0.05) is 26.8 Å². The van der Waals surface area contributed by atoms with E-state index in [-0.39, 0.29) is 0 Å². The van der Waals surface area contributed by atoms with Crippen LogP contribution in [0.2, 0.25) is 0 Å². The number of nitrogens with one attached hydrogen (secondary N) is 1. The number of rotatable bonds is 5. The minimum atomic E-state index is 0.471. The molecule has 3 nitrogen and oxygen atoms in total. The van der Waals surface area contributed by atoms with Crippen LogP contribution in [0.5, 0.6) is 0 Å². The fourth-order valence-corrected chi connectivity index (χ4v) is 4.82. The number of hydrogen-bond acceptors (Lipinski definition) is 2. The first-order valence-electron chi connectivity index (χ1n) is 10.9. The molecule has 148 valence electrons. The number of pyridine rings is 1. The van der Waals surface area contributed by atoms with Crippen LogP contribution in [0.1, 0.15) is 68.7 Å². The SMILES string of the molecule is CCCN1CCC(c2ccc3[nH]c(-c4ccnc(C)c4)c(C(C)C)c3c2)CC1. The van der Waals surface area contributed by atoms with E-state index in [1.165, 1.54) is 72.2 Å².